The van der Waals surface area contributed by atoms with Crippen LogP contribution in [0.4, 0.5) is 5.69 Å². The third-order valence-electron chi connectivity index (χ3n) is 2.06. The summed E-state index contributed by atoms with van der Waals surface area (Å²) in [5.41, 5.74) is 0.948. The van der Waals surface area contributed by atoms with Crippen molar-refractivity contribution in [2.75, 3.05) is 11.6 Å². The summed E-state index contributed by atoms with van der Waals surface area (Å²) < 4.78 is 0. The molecule has 0 fully saturated rings. The van der Waals surface area contributed by atoms with E-state index in [1.54, 1.807) is 0 Å². The standard InChI is InChI=1S/C11H11ClN4S/c1-17-11-15-7-14-10(16-11)6-13-9-4-2-3-8(12)5-9/h2-5,7,13H,6H2,1H3. The molecule has 0 amide bonds. The molecule has 1 N–H and O–H groups in total. The summed E-state index contributed by atoms with van der Waals surface area (Å²) in [6.07, 6.45) is 3.46. The lowest BCUT2D eigenvalue weighted by molar-refractivity contribution is 0.820. The van der Waals surface area contributed by atoms with Crippen molar-refractivity contribution in [3.05, 3.63) is 41.4 Å². The van der Waals surface area contributed by atoms with E-state index in [0.29, 0.717) is 17.4 Å². The Morgan fingerprint density at radius 3 is 3.00 bits per heavy atom. The van der Waals surface area contributed by atoms with E-state index in [2.05, 4.69) is 20.3 Å². The van der Waals surface area contributed by atoms with E-state index in [1.807, 2.05) is 30.5 Å². The number of benzene rings is 1. The van der Waals surface area contributed by atoms with Gasteiger partial charge in [0.15, 0.2) is 11.0 Å². The maximum absolute atomic E-state index is 5.89. The summed E-state index contributed by atoms with van der Waals surface area (Å²) in [7, 11) is 0. The number of nitrogens with one attached hydrogen (secondary N) is 1. The second kappa shape index (κ2) is 5.84. The van der Waals surface area contributed by atoms with Crippen LogP contribution in [0.5, 0.6) is 0 Å². The van der Waals surface area contributed by atoms with Crippen LogP contribution in [0.25, 0.3) is 0 Å². The second-order valence-electron chi connectivity index (χ2n) is 3.25. The molecule has 0 aliphatic heterocycles. The molecule has 88 valence electrons. The van der Waals surface area contributed by atoms with Crippen LogP contribution in [0.2, 0.25) is 5.02 Å². The fourth-order valence-corrected chi connectivity index (χ4v) is 1.82. The molecule has 2 aromatic rings. The fraction of sp³-hybridized carbons (Fsp3) is 0.182. The van der Waals surface area contributed by atoms with Gasteiger partial charge in [-0.3, -0.25) is 0 Å². The number of hydrogen-bond donors (Lipinski definition) is 1. The van der Waals surface area contributed by atoms with Gasteiger partial charge in [-0.1, -0.05) is 29.4 Å². The molecule has 0 bridgehead atoms. The molecule has 0 saturated carbocycles. The van der Waals surface area contributed by atoms with E-state index in [4.69, 9.17) is 11.6 Å². The van der Waals surface area contributed by atoms with Crippen LogP contribution >= 0.6 is 23.4 Å². The Labute approximate surface area is 109 Å². The van der Waals surface area contributed by atoms with Gasteiger partial charge in [0.25, 0.3) is 0 Å². The van der Waals surface area contributed by atoms with Gasteiger partial charge in [-0.05, 0) is 24.5 Å². The lowest BCUT2D eigenvalue weighted by atomic mass is 10.3. The van der Waals surface area contributed by atoms with E-state index in [0.717, 1.165) is 10.8 Å². The summed E-state index contributed by atoms with van der Waals surface area (Å²) in [6.45, 7) is 0.552. The maximum atomic E-state index is 5.89. The van der Waals surface area contributed by atoms with Crippen molar-refractivity contribution in [2.45, 2.75) is 11.7 Å². The highest BCUT2D eigenvalue weighted by Crippen LogP contribution is 2.15. The molecule has 2 rings (SSSR count). The summed E-state index contributed by atoms with van der Waals surface area (Å²) in [5.74, 6) is 0.712. The van der Waals surface area contributed by atoms with Crippen molar-refractivity contribution >= 4 is 29.1 Å². The quantitative estimate of drug-likeness (QED) is 0.863. The number of anilines is 1. The Bertz CT molecular complexity index is 506. The van der Waals surface area contributed by atoms with Gasteiger partial charge in [-0.25, -0.2) is 15.0 Å². The average Bonchev–Trinajstić information content (AvgIpc) is 2.37. The molecule has 1 aromatic carbocycles. The van der Waals surface area contributed by atoms with Crippen molar-refractivity contribution in [3.8, 4) is 0 Å². The van der Waals surface area contributed by atoms with Gasteiger partial charge in [-0.15, -0.1) is 0 Å². The molecule has 0 aliphatic carbocycles. The first-order valence-electron chi connectivity index (χ1n) is 4.99. The minimum Gasteiger partial charge on any atom is -0.378 e. The van der Waals surface area contributed by atoms with Crippen molar-refractivity contribution < 1.29 is 0 Å². The van der Waals surface area contributed by atoms with E-state index in [9.17, 15) is 0 Å². The van der Waals surface area contributed by atoms with E-state index >= 15 is 0 Å². The highest BCUT2D eigenvalue weighted by atomic mass is 35.5. The van der Waals surface area contributed by atoms with E-state index < -0.39 is 0 Å². The Hall–Kier alpha value is -1.33. The van der Waals surface area contributed by atoms with Gasteiger partial charge >= 0.3 is 0 Å². The molecule has 0 atom stereocenters. The van der Waals surface area contributed by atoms with Crippen LogP contribution in [-0.2, 0) is 6.54 Å². The first-order valence-corrected chi connectivity index (χ1v) is 6.59. The second-order valence-corrected chi connectivity index (χ2v) is 4.46. The van der Waals surface area contributed by atoms with Crippen molar-refractivity contribution in [2.24, 2.45) is 0 Å². The van der Waals surface area contributed by atoms with Crippen LogP contribution in [-0.4, -0.2) is 21.2 Å². The van der Waals surface area contributed by atoms with Gasteiger partial charge < -0.3 is 5.32 Å². The minimum atomic E-state index is 0.552. The monoisotopic (exact) mass is 266 g/mol. The first kappa shape index (κ1) is 12.1. The predicted molar refractivity (Wildman–Crippen MR) is 70.4 cm³/mol. The minimum absolute atomic E-state index is 0.552. The molecule has 0 unspecified atom stereocenters. The molecule has 6 heteroatoms. The van der Waals surface area contributed by atoms with Crippen LogP contribution < -0.4 is 5.32 Å². The van der Waals surface area contributed by atoms with Gasteiger partial charge in [0.2, 0.25) is 0 Å². The molecule has 0 aliphatic rings. The lowest BCUT2D eigenvalue weighted by Crippen LogP contribution is -2.05. The molecule has 0 saturated heterocycles. The van der Waals surface area contributed by atoms with Crippen molar-refractivity contribution in [3.63, 3.8) is 0 Å². The number of aromatic nitrogens is 3. The molecule has 4 nitrogen and oxygen atoms in total. The van der Waals surface area contributed by atoms with Crippen LogP contribution in [0.1, 0.15) is 5.82 Å². The largest absolute Gasteiger partial charge is 0.378 e. The molecule has 1 aromatic heterocycles. The topological polar surface area (TPSA) is 50.7 Å². The first-order chi connectivity index (χ1) is 8.28. The predicted octanol–water partition coefficient (Wildman–Crippen LogP) is 2.86. The smallest absolute Gasteiger partial charge is 0.190 e. The molecule has 1 heterocycles. The van der Waals surface area contributed by atoms with Gasteiger partial charge in [0.1, 0.15) is 6.33 Å². The zero-order valence-electron chi connectivity index (χ0n) is 9.22. The average molecular weight is 267 g/mol. The zero-order chi connectivity index (χ0) is 12.1. The molecule has 0 radical (unpaired) electrons. The zero-order valence-corrected chi connectivity index (χ0v) is 10.8. The number of halogens is 1. The third kappa shape index (κ3) is 3.57. The van der Waals surface area contributed by atoms with Crippen LogP contribution in [0.3, 0.4) is 0 Å². The normalized spacial score (nSPS) is 10.2. The molecule has 0 spiro atoms. The summed E-state index contributed by atoms with van der Waals surface area (Å²) in [6, 6.07) is 7.54. The number of hydrogen-bond acceptors (Lipinski definition) is 5. The Morgan fingerprint density at radius 1 is 1.35 bits per heavy atom. The lowest BCUT2D eigenvalue weighted by Gasteiger charge is -2.05. The van der Waals surface area contributed by atoms with Gasteiger partial charge in [-0.2, -0.15) is 0 Å². The summed E-state index contributed by atoms with van der Waals surface area (Å²) in [5, 5.41) is 4.64. The maximum Gasteiger partial charge on any atom is 0.190 e. The molecular weight excluding hydrogens is 256 g/mol. The highest BCUT2D eigenvalue weighted by molar-refractivity contribution is 7.98. The van der Waals surface area contributed by atoms with E-state index in [1.165, 1.54) is 18.1 Å². The number of nitrogens with zero attached hydrogens (tertiary/aromatic N) is 3. The SMILES string of the molecule is CSc1ncnc(CNc2cccc(Cl)c2)n1. The van der Waals surface area contributed by atoms with Gasteiger partial charge in [0, 0.05) is 10.7 Å². The third-order valence-corrected chi connectivity index (χ3v) is 2.85. The summed E-state index contributed by atoms with van der Waals surface area (Å²) in [4.78, 5) is 12.4. The van der Waals surface area contributed by atoms with Crippen LogP contribution in [0, 0.1) is 0 Å². The fourth-order valence-electron chi connectivity index (χ4n) is 1.28. The Kier molecular flexibility index (Phi) is 4.17. The number of rotatable bonds is 4. The molecular formula is C11H11ClN4S. The van der Waals surface area contributed by atoms with Gasteiger partial charge in [0.05, 0.1) is 6.54 Å². The number of thioether (sulfide) groups is 1. The van der Waals surface area contributed by atoms with Crippen molar-refractivity contribution in [1.29, 1.82) is 0 Å². The Morgan fingerprint density at radius 2 is 2.24 bits per heavy atom. The summed E-state index contributed by atoms with van der Waals surface area (Å²) >= 11 is 7.39. The van der Waals surface area contributed by atoms with Crippen molar-refractivity contribution in [1.82, 2.24) is 15.0 Å². The van der Waals surface area contributed by atoms with E-state index in [-0.39, 0.29) is 0 Å². The molecule has 17 heavy (non-hydrogen) atoms. The Balaban J connectivity index is 2.02. The highest BCUT2D eigenvalue weighted by Gasteiger charge is 2.00. The van der Waals surface area contributed by atoms with Crippen LogP contribution in [0.15, 0.2) is 35.7 Å².